The van der Waals surface area contributed by atoms with E-state index in [1.165, 1.54) is 12.8 Å². The van der Waals surface area contributed by atoms with Crippen LogP contribution in [0.2, 0.25) is 0 Å². The fraction of sp³-hybridized carbons (Fsp3) is 0.500. The predicted octanol–water partition coefficient (Wildman–Crippen LogP) is 2.55. The fourth-order valence-corrected chi connectivity index (χ4v) is 2.41. The van der Waals surface area contributed by atoms with E-state index < -0.39 is 5.97 Å². The molecule has 0 spiro atoms. The lowest BCUT2D eigenvalue weighted by molar-refractivity contribution is -0.136. The number of benzene rings is 1. The first kappa shape index (κ1) is 12.0. The summed E-state index contributed by atoms with van der Waals surface area (Å²) in [5.41, 5.74) is 2.05. The second-order valence-corrected chi connectivity index (χ2v) is 4.80. The number of carbonyl (C=O) groups is 1. The molecule has 0 radical (unpaired) electrons. The quantitative estimate of drug-likeness (QED) is 0.849. The van der Waals surface area contributed by atoms with Gasteiger partial charge in [-0.25, -0.2) is 0 Å². The van der Waals surface area contributed by atoms with Gasteiger partial charge in [0.15, 0.2) is 0 Å². The molecular weight excluding hydrogens is 214 g/mol. The standard InChI is InChI=1S/C14H19NO2/c1-2-4-12-9-15(10-12)13-6-3-5-11(7-13)8-14(16)17/h3,5-7,12H,2,4,8-10H2,1H3,(H,16,17). The van der Waals surface area contributed by atoms with Crippen LogP contribution in [0.25, 0.3) is 0 Å². The summed E-state index contributed by atoms with van der Waals surface area (Å²) in [5.74, 6) is 0.0535. The molecule has 1 N–H and O–H groups in total. The molecule has 1 aromatic carbocycles. The van der Waals surface area contributed by atoms with Gasteiger partial charge in [0.2, 0.25) is 0 Å². The van der Waals surface area contributed by atoms with E-state index in [4.69, 9.17) is 5.11 Å². The van der Waals surface area contributed by atoms with Crippen molar-refractivity contribution >= 4 is 11.7 Å². The summed E-state index contributed by atoms with van der Waals surface area (Å²) in [4.78, 5) is 13.0. The highest BCUT2D eigenvalue weighted by molar-refractivity contribution is 5.71. The Hall–Kier alpha value is -1.51. The Morgan fingerprint density at radius 2 is 2.24 bits per heavy atom. The van der Waals surface area contributed by atoms with E-state index in [2.05, 4.69) is 17.9 Å². The molecule has 3 heteroatoms. The van der Waals surface area contributed by atoms with Gasteiger partial charge < -0.3 is 10.0 Å². The van der Waals surface area contributed by atoms with Gasteiger partial charge >= 0.3 is 5.97 Å². The first-order valence-corrected chi connectivity index (χ1v) is 6.24. The van der Waals surface area contributed by atoms with Crippen LogP contribution in [0.3, 0.4) is 0 Å². The Kier molecular flexibility index (Phi) is 3.67. The highest BCUT2D eigenvalue weighted by atomic mass is 16.4. The average molecular weight is 233 g/mol. The summed E-state index contributed by atoms with van der Waals surface area (Å²) in [5, 5.41) is 8.77. The Morgan fingerprint density at radius 3 is 2.88 bits per heavy atom. The lowest BCUT2D eigenvalue weighted by Crippen LogP contribution is -2.46. The number of carboxylic acids is 1. The number of nitrogens with zero attached hydrogens (tertiary/aromatic N) is 1. The maximum absolute atomic E-state index is 10.7. The van der Waals surface area contributed by atoms with Crippen LogP contribution in [0.1, 0.15) is 25.3 Å². The minimum absolute atomic E-state index is 0.111. The first-order valence-electron chi connectivity index (χ1n) is 6.24. The zero-order valence-corrected chi connectivity index (χ0v) is 10.2. The molecule has 0 amide bonds. The van der Waals surface area contributed by atoms with Crippen molar-refractivity contribution in [2.45, 2.75) is 26.2 Å². The van der Waals surface area contributed by atoms with E-state index in [1.807, 2.05) is 18.2 Å². The second kappa shape index (κ2) is 5.21. The van der Waals surface area contributed by atoms with Crippen LogP contribution in [0, 0.1) is 5.92 Å². The maximum atomic E-state index is 10.7. The minimum Gasteiger partial charge on any atom is -0.481 e. The monoisotopic (exact) mass is 233 g/mol. The molecule has 1 aliphatic rings. The highest BCUT2D eigenvalue weighted by Gasteiger charge is 2.25. The summed E-state index contributed by atoms with van der Waals surface area (Å²) >= 11 is 0. The number of aliphatic carboxylic acids is 1. The van der Waals surface area contributed by atoms with Gasteiger partial charge in [-0.05, 0) is 30.0 Å². The summed E-state index contributed by atoms with van der Waals surface area (Å²) in [6.07, 6.45) is 2.66. The smallest absolute Gasteiger partial charge is 0.307 e. The molecular formula is C14H19NO2. The van der Waals surface area contributed by atoms with Crippen LogP contribution >= 0.6 is 0 Å². The molecule has 0 aliphatic carbocycles. The molecule has 1 aromatic rings. The lowest BCUT2D eigenvalue weighted by Gasteiger charge is -2.41. The third kappa shape index (κ3) is 2.99. The van der Waals surface area contributed by atoms with E-state index in [9.17, 15) is 4.79 Å². The molecule has 0 saturated carbocycles. The maximum Gasteiger partial charge on any atom is 0.307 e. The van der Waals surface area contributed by atoms with Crippen molar-refractivity contribution < 1.29 is 9.90 Å². The SMILES string of the molecule is CCCC1CN(c2cccc(CC(=O)O)c2)C1. The van der Waals surface area contributed by atoms with Crippen molar-refractivity contribution in [3.05, 3.63) is 29.8 Å². The van der Waals surface area contributed by atoms with Gasteiger partial charge in [0.05, 0.1) is 6.42 Å². The van der Waals surface area contributed by atoms with Crippen molar-refractivity contribution in [3.8, 4) is 0 Å². The Balaban J connectivity index is 1.96. The summed E-state index contributed by atoms with van der Waals surface area (Å²) in [7, 11) is 0. The third-order valence-electron chi connectivity index (χ3n) is 3.29. The second-order valence-electron chi connectivity index (χ2n) is 4.80. The van der Waals surface area contributed by atoms with Crippen LogP contribution in [-0.4, -0.2) is 24.2 Å². The average Bonchev–Trinajstić information content (AvgIpc) is 2.22. The van der Waals surface area contributed by atoms with Gasteiger partial charge in [0.1, 0.15) is 0 Å². The Bertz CT molecular complexity index is 397. The van der Waals surface area contributed by atoms with Crippen molar-refractivity contribution in [2.75, 3.05) is 18.0 Å². The number of anilines is 1. The number of carboxylic acid groups (broad SMARTS) is 1. The largest absolute Gasteiger partial charge is 0.481 e. The van der Waals surface area contributed by atoms with Gasteiger partial charge in [-0.2, -0.15) is 0 Å². The topological polar surface area (TPSA) is 40.5 Å². The number of hydrogen-bond acceptors (Lipinski definition) is 2. The van der Waals surface area contributed by atoms with Gasteiger partial charge in [-0.15, -0.1) is 0 Å². The van der Waals surface area contributed by atoms with Crippen LogP contribution in [0.5, 0.6) is 0 Å². The summed E-state index contributed by atoms with van der Waals surface area (Å²) in [6.45, 7) is 4.45. The van der Waals surface area contributed by atoms with Crippen molar-refractivity contribution in [1.29, 1.82) is 0 Å². The third-order valence-corrected chi connectivity index (χ3v) is 3.29. The minimum atomic E-state index is -0.769. The Labute approximate surface area is 102 Å². The van der Waals surface area contributed by atoms with Gasteiger partial charge in [0.25, 0.3) is 0 Å². The lowest BCUT2D eigenvalue weighted by atomic mass is 9.94. The van der Waals surface area contributed by atoms with Crippen molar-refractivity contribution in [3.63, 3.8) is 0 Å². The zero-order valence-electron chi connectivity index (χ0n) is 10.2. The van der Waals surface area contributed by atoms with E-state index in [0.717, 1.165) is 30.3 Å². The molecule has 17 heavy (non-hydrogen) atoms. The molecule has 1 heterocycles. The molecule has 0 atom stereocenters. The molecule has 0 bridgehead atoms. The zero-order chi connectivity index (χ0) is 12.3. The molecule has 0 unspecified atom stereocenters. The van der Waals surface area contributed by atoms with E-state index in [-0.39, 0.29) is 6.42 Å². The molecule has 2 rings (SSSR count). The molecule has 92 valence electrons. The fourth-order valence-electron chi connectivity index (χ4n) is 2.41. The predicted molar refractivity (Wildman–Crippen MR) is 68.4 cm³/mol. The number of hydrogen-bond donors (Lipinski definition) is 1. The Morgan fingerprint density at radius 1 is 1.47 bits per heavy atom. The van der Waals surface area contributed by atoms with Crippen molar-refractivity contribution in [2.24, 2.45) is 5.92 Å². The van der Waals surface area contributed by atoms with Gasteiger partial charge in [-0.3, -0.25) is 4.79 Å². The first-order chi connectivity index (χ1) is 8.19. The van der Waals surface area contributed by atoms with E-state index in [1.54, 1.807) is 0 Å². The van der Waals surface area contributed by atoms with Gasteiger partial charge in [-0.1, -0.05) is 25.5 Å². The molecule has 1 fully saturated rings. The molecule has 0 aromatic heterocycles. The van der Waals surface area contributed by atoms with Crippen LogP contribution in [0.4, 0.5) is 5.69 Å². The van der Waals surface area contributed by atoms with Crippen LogP contribution < -0.4 is 4.90 Å². The highest BCUT2D eigenvalue weighted by Crippen LogP contribution is 2.27. The summed E-state index contributed by atoms with van der Waals surface area (Å²) in [6, 6.07) is 7.88. The van der Waals surface area contributed by atoms with Crippen LogP contribution in [-0.2, 0) is 11.2 Å². The number of rotatable bonds is 5. The molecule has 1 saturated heterocycles. The summed E-state index contributed by atoms with van der Waals surface area (Å²) < 4.78 is 0. The van der Waals surface area contributed by atoms with Crippen molar-refractivity contribution in [1.82, 2.24) is 0 Å². The van der Waals surface area contributed by atoms with E-state index in [0.29, 0.717) is 0 Å². The van der Waals surface area contributed by atoms with Crippen LogP contribution in [0.15, 0.2) is 24.3 Å². The van der Waals surface area contributed by atoms with E-state index >= 15 is 0 Å². The normalized spacial score (nSPS) is 15.7. The molecule has 3 nitrogen and oxygen atoms in total. The molecule has 1 aliphatic heterocycles. The van der Waals surface area contributed by atoms with Gasteiger partial charge in [0, 0.05) is 18.8 Å².